The van der Waals surface area contributed by atoms with Gasteiger partial charge in [0.1, 0.15) is 16.9 Å². The van der Waals surface area contributed by atoms with E-state index < -0.39 is 29.1 Å². The minimum absolute atomic E-state index is 0.210. The van der Waals surface area contributed by atoms with E-state index >= 15 is 4.39 Å². The van der Waals surface area contributed by atoms with Gasteiger partial charge in [0.15, 0.2) is 17.7 Å². The zero-order chi connectivity index (χ0) is 37.1. The highest BCUT2D eigenvalue weighted by atomic mass is 19.1. The van der Waals surface area contributed by atoms with E-state index in [0.29, 0.717) is 90.9 Å². The highest BCUT2D eigenvalue weighted by Crippen LogP contribution is 2.45. The summed E-state index contributed by atoms with van der Waals surface area (Å²) in [4.78, 5) is 50.9. The Morgan fingerprint density at radius 3 is 2.62 bits per heavy atom. The number of piperidine rings is 1. The Morgan fingerprint density at radius 2 is 1.94 bits per heavy atom. The lowest BCUT2D eigenvalue weighted by molar-refractivity contribution is -0.160. The molecule has 1 aromatic carbocycles. The number of amides is 1. The molecule has 52 heavy (non-hydrogen) atoms. The number of aryl methyl sites for hydroxylation is 2. The fraction of sp³-hybridized carbons (Fsp3) is 0.475. The van der Waals surface area contributed by atoms with E-state index in [1.54, 1.807) is 62.7 Å². The maximum atomic E-state index is 15.8. The number of carbonyl (C=O) groups excluding carboxylic acids is 2. The monoisotopic (exact) mass is 712 g/mol. The minimum atomic E-state index is -1.42. The molecular weight excluding hydrogens is 667 g/mol. The van der Waals surface area contributed by atoms with Gasteiger partial charge in [0.2, 0.25) is 0 Å². The number of hydrogen-bond acceptors (Lipinski definition) is 8. The van der Waals surface area contributed by atoms with E-state index in [-0.39, 0.29) is 23.5 Å². The van der Waals surface area contributed by atoms with E-state index in [9.17, 15) is 19.5 Å². The predicted molar refractivity (Wildman–Crippen MR) is 191 cm³/mol. The van der Waals surface area contributed by atoms with E-state index in [4.69, 9.17) is 19.2 Å². The summed E-state index contributed by atoms with van der Waals surface area (Å²) >= 11 is 0. The van der Waals surface area contributed by atoms with Gasteiger partial charge in [0.25, 0.3) is 5.91 Å². The molecule has 0 radical (unpaired) electrons. The third kappa shape index (κ3) is 6.42. The second-order valence-electron chi connectivity index (χ2n) is 15.4. The Labute approximate surface area is 302 Å². The molecule has 2 fully saturated rings. The van der Waals surface area contributed by atoms with E-state index in [1.165, 1.54) is 6.07 Å². The molecule has 6 heterocycles. The maximum absolute atomic E-state index is 15.8. The second kappa shape index (κ2) is 13.3. The van der Waals surface area contributed by atoms with Gasteiger partial charge in [-0.15, -0.1) is 0 Å². The van der Waals surface area contributed by atoms with Crippen LogP contribution in [-0.2, 0) is 39.0 Å². The Kier molecular flexibility index (Phi) is 9.09. The number of hydrogen-bond donors (Lipinski definition) is 1. The molecule has 0 aliphatic carbocycles. The molecule has 274 valence electrons. The Morgan fingerprint density at radius 1 is 1.19 bits per heavy atom. The smallest absolute Gasteiger partial charge is 0.337 e. The lowest BCUT2D eigenvalue weighted by Gasteiger charge is -2.38. The fourth-order valence-corrected chi connectivity index (χ4v) is 8.19. The van der Waals surface area contributed by atoms with Crippen LogP contribution in [0.2, 0.25) is 0 Å². The molecule has 1 unspecified atom stereocenters. The van der Waals surface area contributed by atoms with Gasteiger partial charge in [-0.3, -0.25) is 14.6 Å². The summed E-state index contributed by atoms with van der Waals surface area (Å²) in [5.41, 5.74) is 3.55. The first-order valence-corrected chi connectivity index (χ1v) is 17.9. The number of fused-ring (bicyclic) bond motifs is 2. The number of aromatic nitrogens is 3. The van der Waals surface area contributed by atoms with Crippen LogP contribution >= 0.6 is 0 Å². The maximum Gasteiger partial charge on any atom is 0.337 e. The number of nitrogens with zero attached hydrogens (tertiary/aromatic N) is 4. The molecule has 4 aromatic rings. The first kappa shape index (κ1) is 35.6. The van der Waals surface area contributed by atoms with Gasteiger partial charge < -0.3 is 28.8 Å². The number of ether oxygens (including phenoxy) is 3. The van der Waals surface area contributed by atoms with Crippen molar-refractivity contribution < 1.29 is 38.1 Å². The number of pyridine rings is 2. The largest absolute Gasteiger partial charge is 0.490 e. The number of halogens is 1. The third-order valence-electron chi connectivity index (χ3n) is 10.7. The van der Waals surface area contributed by atoms with Crippen molar-refractivity contribution in [3.63, 3.8) is 0 Å². The molecule has 3 aromatic heterocycles. The molecule has 7 rings (SSSR count). The van der Waals surface area contributed by atoms with Crippen molar-refractivity contribution >= 4 is 28.9 Å². The Balaban J connectivity index is 1.26. The van der Waals surface area contributed by atoms with Crippen molar-refractivity contribution in [2.75, 3.05) is 19.7 Å². The first-order valence-electron chi connectivity index (χ1n) is 17.9. The summed E-state index contributed by atoms with van der Waals surface area (Å²) < 4.78 is 35.4. The average molecular weight is 713 g/mol. The fourth-order valence-electron chi connectivity index (χ4n) is 8.19. The van der Waals surface area contributed by atoms with Crippen molar-refractivity contribution in [1.82, 2.24) is 19.4 Å². The number of carboxylic acids is 1. The van der Waals surface area contributed by atoms with Crippen molar-refractivity contribution in [2.45, 2.75) is 90.4 Å². The summed E-state index contributed by atoms with van der Waals surface area (Å²) in [7, 11) is 1.76. The number of rotatable bonds is 7. The van der Waals surface area contributed by atoms with Gasteiger partial charge in [0.05, 0.1) is 18.1 Å². The Bertz CT molecular complexity index is 2080. The SMILES string of the molecule is Cc1nc2c(cc(C(=O)N3CCC4(CC3)CC(Cc3cccnc3)C(=O)O4)n2C)c(-c2cc(F)c3c(c2C)CCCO3)c1[C@H](OC(C)(C)C)C(=O)O. The molecule has 0 bridgehead atoms. The van der Waals surface area contributed by atoms with Crippen LogP contribution in [0.25, 0.3) is 22.2 Å². The van der Waals surface area contributed by atoms with E-state index in [0.717, 1.165) is 23.1 Å². The van der Waals surface area contributed by atoms with Crippen LogP contribution in [0.1, 0.15) is 91.0 Å². The Hall–Kier alpha value is -4.84. The van der Waals surface area contributed by atoms with Crippen molar-refractivity contribution in [2.24, 2.45) is 13.0 Å². The van der Waals surface area contributed by atoms with Gasteiger partial charge in [-0.1, -0.05) is 6.07 Å². The highest BCUT2D eigenvalue weighted by molar-refractivity contribution is 6.05. The van der Waals surface area contributed by atoms with Crippen molar-refractivity contribution in [3.05, 3.63) is 76.1 Å². The number of esters is 1. The molecule has 11 nitrogen and oxygen atoms in total. The zero-order valence-electron chi connectivity index (χ0n) is 30.5. The third-order valence-corrected chi connectivity index (χ3v) is 10.7. The van der Waals surface area contributed by atoms with Gasteiger partial charge in [-0.2, -0.15) is 0 Å². The number of carbonyl (C=O) groups is 3. The molecule has 3 aliphatic rings. The van der Waals surface area contributed by atoms with Crippen LogP contribution < -0.4 is 4.74 Å². The molecule has 2 saturated heterocycles. The molecule has 1 spiro atoms. The van der Waals surface area contributed by atoms with Crippen molar-refractivity contribution in [3.8, 4) is 16.9 Å². The van der Waals surface area contributed by atoms with Crippen LogP contribution in [0.15, 0.2) is 36.7 Å². The van der Waals surface area contributed by atoms with Crippen LogP contribution in [0.4, 0.5) is 4.39 Å². The van der Waals surface area contributed by atoms with E-state index in [2.05, 4.69) is 4.98 Å². The van der Waals surface area contributed by atoms with Gasteiger partial charge in [-0.05, 0) is 88.8 Å². The normalized spacial score (nSPS) is 19.0. The summed E-state index contributed by atoms with van der Waals surface area (Å²) in [6.45, 7) is 10.2. The summed E-state index contributed by atoms with van der Waals surface area (Å²) in [6.07, 6.45) is 5.59. The quantitative estimate of drug-likeness (QED) is 0.215. The lowest BCUT2D eigenvalue weighted by Crippen LogP contribution is -2.47. The molecule has 2 atom stereocenters. The van der Waals surface area contributed by atoms with Crippen molar-refractivity contribution in [1.29, 1.82) is 0 Å². The molecule has 0 saturated carbocycles. The van der Waals surface area contributed by atoms with Crippen LogP contribution in [0.5, 0.6) is 5.75 Å². The average Bonchev–Trinajstić information content (AvgIpc) is 3.59. The number of likely N-dealkylation sites (tertiary alicyclic amines) is 1. The number of benzene rings is 1. The summed E-state index contributed by atoms with van der Waals surface area (Å²) in [6, 6.07) is 6.94. The predicted octanol–water partition coefficient (Wildman–Crippen LogP) is 6.44. The van der Waals surface area contributed by atoms with E-state index in [1.807, 2.05) is 19.1 Å². The standard InChI is InChI=1S/C40H45FN4O7/c1-22-26-10-8-16-50-33(26)29(41)18-27(22)32-28-19-30(44(6)35(28)43-23(2)31(32)34(37(47)48)51-39(3,4)5)36(46)45-14-11-40(12-15-45)20-25(38(49)52-40)17-24-9-7-13-42-21-24/h7,9,13,18-19,21,25,34H,8,10-12,14-17,20H2,1-6H3,(H,47,48)/t25?,34-/m0/s1. The minimum Gasteiger partial charge on any atom is -0.490 e. The van der Waals surface area contributed by atoms with Crippen LogP contribution in [0, 0.1) is 25.6 Å². The van der Waals surface area contributed by atoms with Gasteiger partial charge in [-0.25, -0.2) is 14.2 Å². The highest BCUT2D eigenvalue weighted by Gasteiger charge is 2.49. The van der Waals surface area contributed by atoms with Gasteiger partial charge in [0, 0.05) is 79.6 Å². The summed E-state index contributed by atoms with van der Waals surface area (Å²) in [5.74, 6) is -2.20. The summed E-state index contributed by atoms with van der Waals surface area (Å²) in [5, 5.41) is 11.1. The molecule has 1 amide bonds. The first-order chi connectivity index (χ1) is 24.7. The number of aliphatic carboxylic acids is 1. The van der Waals surface area contributed by atoms with Crippen LogP contribution in [-0.4, -0.2) is 73.3 Å². The molecule has 3 aliphatic heterocycles. The van der Waals surface area contributed by atoms with Gasteiger partial charge >= 0.3 is 11.9 Å². The van der Waals surface area contributed by atoms with Crippen LogP contribution in [0.3, 0.4) is 0 Å². The molecule has 1 N–H and O–H groups in total. The number of carboxylic acid groups (broad SMARTS) is 1. The topological polar surface area (TPSA) is 133 Å². The second-order valence-corrected chi connectivity index (χ2v) is 15.4. The zero-order valence-corrected chi connectivity index (χ0v) is 30.5. The lowest BCUT2D eigenvalue weighted by atomic mass is 9.83. The molecule has 12 heteroatoms. The molecular formula is C40H45FN4O7.